The van der Waals surface area contributed by atoms with Crippen molar-refractivity contribution in [2.24, 2.45) is 0 Å². The van der Waals surface area contributed by atoms with Crippen molar-refractivity contribution >= 4 is 39.1 Å². The Kier molecular flexibility index (Phi) is 4.24. The van der Waals surface area contributed by atoms with Gasteiger partial charge in [0, 0.05) is 35.4 Å². The standard InChI is InChI=1S/C22H20N8O/c1-2-15-12-23-28-18(15)11-14(1)21-26-19-13-24-29-20(19)22(27-21)25-16-3-5-17(6-4-16)30-7-9-31-10-8-30/h1-6,11-13H,7-10H2,(H,23,28)(H,24,29)(H,25,26,27). The van der Waals surface area contributed by atoms with Crippen LogP contribution in [0.2, 0.25) is 0 Å². The van der Waals surface area contributed by atoms with Crippen LogP contribution in [0.15, 0.2) is 54.9 Å². The normalized spacial score (nSPS) is 14.4. The Morgan fingerprint density at radius 2 is 1.74 bits per heavy atom. The highest BCUT2D eigenvalue weighted by Gasteiger charge is 2.14. The number of hydrogen-bond acceptors (Lipinski definition) is 7. The molecule has 3 N–H and O–H groups in total. The second-order valence-corrected chi connectivity index (χ2v) is 7.47. The van der Waals surface area contributed by atoms with Crippen LogP contribution >= 0.6 is 0 Å². The monoisotopic (exact) mass is 412 g/mol. The lowest BCUT2D eigenvalue weighted by molar-refractivity contribution is 0.122. The molecule has 0 aliphatic carbocycles. The Bertz CT molecular complexity index is 1350. The maximum absolute atomic E-state index is 5.44. The number of hydrogen-bond donors (Lipinski definition) is 3. The molecule has 0 atom stereocenters. The summed E-state index contributed by atoms with van der Waals surface area (Å²) in [5, 5.41) is 18.7. The van der Waals surface area contributed by atoms with Gasteiger partial charge in [-0.25, -0.2) is 9.97 Å². The first-order valence-corrected chi connectivity index (χ1v) is 10.2. The Morgan fingerprint density at radius 3 is 2.61 bits per heavy atom. The third-order valence-electron chi connectivity index (χ3n) is 5.51. The predicted molar refractivity (Wildman–Crippen MR) is 120 cm³/mol. The van der Waals surface area contributed by atoms with Crippen LogP contribution in [0, 0.1) is 0 Å². The van der Waals surface area contributed by atoms with E-state index in [2.05, 4.69) is 59.9 Å². The lowest BCUT2D eigenvalue weighted by atomic mass is 10.1. The molecule has 9 nitrogen and oxygen atoms in total. The first-order valence-electron chi connectivity index (χ1n) is 10.2. The molecule has 0 unspecified atom stereocenters. The number of aromatic nitrogens is 6. The van der Waals surface area contributed by atoms with Gasteiger partial charge in [0.05, 0.1) is 31.1 Å². The molecule has 0 radical (unpaired) electrons. The summed E-state index contributed by atoms with van der Waals surface area (Å²) in [4.78, 5) is 11.8. The molecule has 5 aromatic rings. The van der Waals surface area contributed by atoms with Crippen molar-refractivity contribution in [3.8, 4) is 11.4 Å². The van der Waals surface area contributed by atoms with Crippen LogP contribution in [-0.2, 0) is 4.74 Å². The SMILES string of the molecule is c1cc(N2CCOCC2)ccc1Nc1nc(-c2ccc3cn[nH]c3c2)nc2cn[nH]c12. The minimum atomic E-state index is 0.623. The number of benzene rings is 2. The smallest absolute Gasteiger partial charge is 0.162 e. The Morgan fingerprint density at radius 1 is 0.903 bits per heavy atom. The summed E-state index contributed by atoms with van der Waals surface area (Å²) < 4.78 is 5.44. The van der Waals surface area contributed by atoms with Crippen molar-refractivity contribution in [2.75, 3.05) is 36.5 Å². The van der Waals surface area contributed by atoms with Crippen molar-refractivity contribution in [3.05, 3.63) is 54.9 Å². The minimum absolute atomic E-state index is 0.623. The van der Waals surface area contributed by atoms with E-state index in [-0.39, 0.29) is 0 Å². The number of morpholine rings is 1. The van der Waals surface area contributed by atoms with Crippen LogP contribution in [-0.4, -0.2) is 56.7 Å². The van der Waals surface area contributed by atoms with Gasteiger partial charge in [-0.15, -0.1) is 0 Å². The fourth-order valence-electron chi connectivity index (χ4n) is 3.85. The second kappa shape index (κ2) is 7.37. The average Bonchev–Trinajstić information content (AvgIpc) is 3.49. The van der Waals surface area contributed by atoms with E-state index in [1.165, 1.54) is 5.69 Å². The highest BCUT2D eigenvalue weighted by Crippen LogP contribution is 2.28. The van der Waals surface area contributed by atoms with E-state index >= 15 is 0 Å². The summed E-state index contributed by atoms with van der Waals surface area (Å²) in [7, 11) is 0. The van der Waals surface area contributed by atoms with E-state index in [1.807, 2.05) is 18.2 Å². The Hall–Kier alpha value is -3.98. The van der Waals surface area contributed by atoms with E-state index in [9.17, 15) is 0 Å². The zero-order chi connectivity index (χ0) is 20.6. The van der Waals surface area contributed by atoms with Crippen LogP contribution < -0.4 is 10.2 Å². The molecule has 31 heavy (non-hydrogen) atoms. The van der Waals surface area contributed by atoms with Crippen LogP contribution in [0.1, 0.15) is 0 Å². The van der Waals surface area contributed by atoms with Gasteiger partial charge in [0.2, 0.25) is 0 Å². The average molecular weight is 412 g/mol. The third-order valence-corrected chi connectivity index (χ3v) is 5.51. The largest absolute Gasteiger partial charge is 0.378 e. The molecule has 1 aliphatic rings. The van der Waals surface area contributed by atoms with Gasteiger partial charge >= 0.3 is 0 Å². The number of fused-ring (bicyclic) bond motifs is 2. The second-order valence-electron chi connectivity index (χ2n) is 7.47. The van der Waals surface area contributed by atoms with Crippen LogP contribution in [0.3, 0.4) is 0 Å². The molecular weight excluding hydrogens is 392 g/mol. The molecule has 0 spiro atoms. The van der Waals surface area contributed by atoms with Crippen LogP contribution in [0.4, 0.5) is 17.2 Å². The molecule has 1 aliphatic heterocycles. The quantitative estimate of drug-likeness (QED) is 0.415. The lowest BCUT2D eigenvalue weighted by Crippen LogP contribution is -2.36. The highest BCUT2D eigenvalue weighted by molar-refractivity contribution is 5.89. The topological polar surface area (TPSA) is 108 Å². The van der Waals surface area contributed by atoms with E-state index in [1.54, 1.807) is 12.4 Å². The zero-order valence-corrected chi connectivity index (χ0v) is 16.7. The number of H-pyrrole nitrogens is 2. The third kappa shape index (κ3) is 3.34. The van der Waals surface area contributed by atoms with Crippen molar-refractivity contribution in [2.45, 2.75) is 0 Å². The number of nitrogens with zero attached hydrogens (tertiary/aromatic N) is 5. The Balaban J connectivity index is 1.33. The van der Waals surface area contributed by atoms with Gasteiger partial charge in [-0.3, -0.25) is 10.2 Å². The maximum atomic E-state index is 5.44. The summed E-state index contributed by atoms with van der Waals surface area (Å²) in [6.45, 7) is 3.37. The van der Waals surface area contributed by atoms with Gasteiger partial charge in [0.1, 0.15) is 11.0 Å². The molecule has 2 aromatic carbocycles. The van der Waals surface area contributed by atoms with E-state index in [4.69, 9.17) is 9.72 Å². The van der Waals surface area contributed by atoms with E-state index in [0.29, 0.717) is 11.6 Å². The molecule has 4 heterocycles. The lowest BCUT2D eigenvalue weighted by Gasteiger charge is -2.28. The molecular formula is C22H20N8O. The summed E-state index contributed by atoms with van der Waals surface area (Å²) >= 11 is 0. The Labute approximate surface area is 177 Å². The van der Waals surface area contributed by atoms with Gasteiger partial charge in [-0.05, 0) is 30.3 Å². The van der Waals surface area contributed by atoms with Crippen molar-refractivity contribution in [3.63, 3.8) is 0 Å². The first-order chi connectivity index (χ1) is 15.3. The summed E-state index contributed by atoms with van der Waals surface area (Å²) in [6.07, 6.45) is 3.51. The van der Waals surface area contributed by atoms with Gasteiger partial charge in [0.25, 0.3) is 0 Å². The van der Waals surface area contributed by atoms with Gasteiger partial charge < -0.3 is 15.0 Å². The molecule has 154 valence electrons. The summed E-state index contributed by atoms with van der Waals surface area (Å²) in [5.41, 5.74) is 5.51. The fraction of sp³-hybridized carbons (Fsp3) is 0.182. The first kappa shape index (κ1) is 17.8. The minimum Gasteiger partial charge on any atom is -0.378 e. The number of anilines is 3. The number of aromatic amines is 2. The molecule has 3 aromatic heterocycles. The van der Waals surface area contributed by atoms with Gasteiger partial charge in [-0.1, -0.05) is 12.1 Å². The van der Waals surface area contributed by atoms with Crippen molar-refractivity contribution < 1.29 is 4.74 Å². The van der Waals surface area contributed by atoms with E-state index < -0.39 is 0 Å². The zero-order valence-electron chi connectivity index (χ0n) is 16.7. The van der Waals surface area contributed by atoms with Gasteiger partial charge in [0.15, 0.2) is 11.6 Å². The molecule has 6 rings (SSSR count). The molecule has 9 heteroatoms. The van der Waals surface area contributed by atoms with Crippen LogP contribution in [0.25, 0.3) is 33.3 Å². The molecule has 0 amide bonds. The highest BCUT2D eigenvalue weighted by atomic mass is 16.5. The molecule has 0 bridgehead atoms. The van der Waals surface area contributed by atoms with Crippen LogP contribution in [0.5, 0.6) is 0 Å². The molecule has 1 saturated heterocycles. The molecule has 0 saturated carbocycles. The fourth-order valence-corrected chi connectivity index (χ4v) is 3.85. The summed E-state index contributed by atoms with van der Waals surface area (Å²) in [5.74, 6) is 1.30. The number of ether oxygens (including phenoxy) is 1. The molecule has 1 fully saturated rings. The summed E-state index contributed by atoms with van der Waals surface area (Å²) in [6, 6.07) is 14.4. The van der Waals surface area contributed by atoms with Crippen molar-refractivity contribution in [1.82, 2.24) is 30.4 Å². The maximum Gasteiger partial charge on any atom is 0.162 e. The predicted octanol–water partition coefficient (Wildman–Crippen LogP) is 3.48. The van der Waals surface area contributed by atoms with Gasteiger partial charge in [-0.2, -0.15) is 10.2 Å². The van der Waals surface area contributed by atoms with E-state index in [0.717, 1.165) is 59.5 Å². The van der Waals surface area contributed by atoms with Crippen molar-refractivity contribution in [1.29, 1.82) is 0 Å². The number of rotatable bonds is 4. The number of nitrogens with one attached hydrogen (secondary N) is 3.